The predicted octanol–water partition coefficient (Wildman–Crippen LogP) is 31.1. The zero-order valence-electron chi connectivity index (χ0n) is 72.7. The molecule has 11 nitrogen and oxygen atoms in total. The maximum Gasteiger partial charge on any atom is 0.171 e. The van der Waals surface area contributed by atoms with Crippen molar-refractivity contribution in [2.75, 3.05) is 0 Å². The molecular weight excluding hydrogens is 1670 g/mol. The third-order valence-corrected chi connectivity index (χ3v) is 28.5. The largest absolute Gasteiger partial charge is 0.454 e. The van der Waals surface area contributed by atoms with E-state index in [1.807, 2.05) is 188 Å². The number of aromatic nitrogens is 7. The topological polar surface area (TPSA) is 147 Å². The van der Waals surface area contributed by atoms with E-state index in [1.165, 1.54) is 22.3 Å². The normalized spacial score (nSPS) is 11.6. The van der Waals surface area contributed by atoms with Crippen molar-refractivity contribution in [1.29, 1.82) is 0 Å². The molecule has 0 radical (unpaired) electrons. The summed E-state index contributed by atoms with van der Waals surface area (Å²) in [6, 6.07) is 161. The molecule has 0 saturated heterocycles. The number of hydrogen-bond acceptors (Lipinski definition) is 11. The smallest absolute Gasteiger partial charge is 0.171 e. The van der Waals surface area contributed by atoms with Gasteiger partial charge in [-0.3, -0.25) is 0 Å². The Balaban J connectivity index is 0.000000111. The van der Waals surface area contributed by atoms with Crippen molar-refractivity contribution in [2.24, 2.45) is 0 Å². The van der Waals surface area contributed by atoms with Crippen LogP contribution in [-0.4, -0.2) is 34.9 Å². The SMILES string of the molecule is O=P(c1ccccc1)(c1ccccc1)c1ccc(-c2ccc(-c3nc4ccccc4c4c3oc3ccccc34)cc2)cc1.c1ccc(-c2ccc(-c3cc(-c4ccc(-c5nc6ccccc6c6c5oc5ccccc56)cc4)nc(-c4ccccc4)n3)cc2)cc1.c1ccc(-c2ccc(-c3nc(-c4ccc(-c5nc6ccccc6c6c5oc5ccccc56)cc4)nc4ccccc34)cc2)cc1. The molecule has 0 aliphatic heterocycles. The fourth-order valence-electron chi connectivity index (χ4n) is 18.7. The quantitative estimate of drug-likeness (QED) is 0.0959. The van der Waals surface area contributed by atoms with Crippen LogP contribution in [0.3, 0.4) is 0 Å². The van der Waals surface area contributed by atoms with E-state index in [9.17, 15) is 4.57 Å². The number of fused-ring (bicyclic) bond motifs is 16. The average molecular weight is 1750 g/mol. The first-order valence-electron chi connectivity index (χ1n) is 45.1. The van der Waals surface area contributed by atoms with Crippen LogP contribution in [0.15, 0.2) is 486 Å². The van der Waals surface area contributed by atoms with Crippen LogP contribution in [0.2, 0.25) is 0 Å². The van der Waals surface area contributed by atoms with Crippen LogP contribution in [0.25, 0.3) is 233 Å². The minimum absolute atomic E-state index is 0.683. The Hall–Kier alpha value is -17.8. The fraction of sp³-hybridized carbons (Fsp3) is 0. The van der Waals surface area contributed by atoms with Gasteiger partial charge >= 0.3 is 0 Å². The van der Waals surface area contributed by atoms with Crippen molar-refractivity contribution in [3.63, 3.8) is 0 Å². The van der Waals surface area contributed by atoms with Crippen molar-refractivity contribution in [2.45, 2.75) is 0 Å². The molecule has 0 N–H and O–H groups in total. The summed E-state index contributed by atoms with van der Waals surface area (Å²) in [5.41, 5.74) is 28.6. The van der Waals surface area contributed by atoms with Crippen LogP contribution in [0.1, 0.15) is 0 Å². The van der Waals surface area contributed by atoms with E-state index in [4.69, 9.17) is 48.1 Å². The molecule has 0 atom stereocenters. The zero-order chi connectivity index (χ0) is 89.7. The van der Waals surface area contributed by atoms with Gasteiger partial charge in [0.25, 0.3) is 0 Å². The van der Waals surface area contributed by atoms with Crippen molar-refractivity contribution >= 4 is 132 Å². The maximum atomic E-state index is 14.7. The van der Waals surface area contributed by atoms with Crippen LogP contribution in [0.5, 0.6) is 0 Å². The Morgan fingerprint density at radius 1 is 0.170 bits per heavy atom. The standard InChI is InChI=1S/C43H27N3O.C41H25N3O.C39H26NO2P/c1-3-11-28(12-4-1)29-19-21-30(22-20-29)37-27-38(46-43(45-37)33-13-5-2-6-14-33)31-23-25-32(26-24-31)41-42-40(34-15-7-9-17-36(34)44-41)35-16-8-10-18-39(35)47-42;1-2-10-26(11-3-1)27-18-20-28(21-19-27)38-32-13-5-8-16-35(32)43-41(44-38)30-24-22-29(23-25-30)39-40-37(31-12-4-7-15-34(31)42-39)33-14-6-9-17-36(33)45-40;41-43(30-11-3-1-4-12-30,31-13-5-2-6-14-31)32-25-23-28(24-26-32)27-19-21-29(22-20-27)38-39-37(33-15-7-9-17-35(33)40-38)34-16-8-10-18-36(34)42-39/h1-27H;1-25H;1-26H. The van der Waals surface area contributed by atoms with Gasteiger partial charge in [-0.05, 0) is 81.9 Å². The molecule has 8 aromatic heterocycles. The summed E-state index contributed by atoms with van der Waals surface area (Å²) < 4.78 is 34.0. The van der Waals surface area contributed by atoms with E-state index in [0.717, 1.165) is 215 Å². The second-order valence-electron chi connectivity index (χ2n) is 33.5. The van der Waals surface area contributed by atoms with Crippen LogP contribution in [-0.2, 0) is 4.57 Å². The molecule has 8 heterocycles. The predicted molar refractivity (Wildman–Crippen MR) is 555 cm³/mol. The van der Waals surface area contributed by atoms with E-state index >= 15 is 0 Å². The molecule has 0 spiro atoms. The Bertz CT molecular complexity index is 8970. The monoisotopic (exact) mass is 1750 g/mol. The highest BCUT2D eigenvalue weighted by molar-refractivity contribution is 7.85. The molecule has 0 unspecified atom stereocenters. The first-order chi connectivity index (χ1) is 66.8. The van der Waals surface area contributed by atoms with E-state index in [-0.39, 0.29) is 0 Å². The van der Waals surface area contributed by atoms with Crippen molar-refractivity contribution in [1.82, 2.24) is 34.9 Å². The van der Waals surface area contributed by atoms with E-state index in [1.54, 1.807) is 0 Å². The molecule has 0 aliphatic carbocycles. The van der Waals surface area contributed by atoms with E-state index in [2.05, 4.69) is 285 Å². The minimum atomic E-state index is -3.01. The lowest BCUT2D eigenvalue weighted by molar-refractivity contribution is 0.592. The molecule has 0 bridgehead atoms. The van der Waals surface area contributed by atoms with Crippen LogP contribution < -0.4 is 15.9 Å². The van der Waals surface area contributed by atoms with Gasteiger partial charge in [0, 0.05) is 114 Å². The highest BCUT2D eigenvalue weighted by Gasteiger charge is 2.30. The molecule has 0 aliphatic rings. The molecule has 0 amide bonds. The van der Waals surface area contributed by atoms with Gasteiger partial charge < -0.3 is 17.8 Å². The van der Waals surface area contributed by atoms with Gasteiger partial charge in [0.05, 0.1) is 39.1 Å². The van der Waals surface area contributed by atoms with Crippen molar-refractivity contribution < 1.29 is 17.8 Å². The molecule has 12 heteroatoms. The summed E-state index contributed by atoms with van der Waals surface area (Å²) in [4.78, 5) is 35.4. The second kappa shape index (κ2) is 34.6. The van der Waals surface area contributed by atoms with Crippen LogP contribution >= 0.6 is 7.14 Å². The second-order valence-corrected chi connectivity index (χ2v) is 36.3. The summed E-state index contributed by atoms with van der Waals surface area (Å²) in [5.74, 6) is 1.37. The number of furan rings is 3. The van der Waals surface area contributed by atoms with Crippen molar-refractivity contribution in [3.8, 4) is 124 Å². The average Bonchev–Trinajstić information content (AvgIpc) is 1.63. The first-order valence-corrected chi connectivity index (χ1v) is 46.8. The number of para-hydroxylation sites is 7. The van der Waals surface area contributed by atoms with Gasteiger partial charge in [-0.2, -0.15) is 0 Å². The van der Waals surface area contributed by atoms with E-state index in [0.29, 0.717) is 11.6 Å². The first kappa shape index (κ1) is 80.5. The number of rotatable bonds is 14. The molecule has 26 aromatic rings. The third kappa shape index (κ3) is 15.1. The Kier molecular flexibility index (Phi) is 20.6. The minimum Gasteiger partial charge on any atom is -0.454 e. The number of benzene rings is 18. The summed E-state index contributed by atoms with van der Waals surface area (Å²) in [5, 5.41) is 13.3. The van der Waals surface area contributed by atoms with Gasteiger partial charge in [-0.25, -0.2) is 34.9 Å². The summed E-state index contributed by atoms with van der Waals surface area (Å²) >= 11 is 0. The van der Waals surface area contributed by atoms with E-state index < -0.39 is 7.14 Å². The maximum absolute atomic E-state index is 14.7. The van der Waals surface area contributed by atoms with Crippen molar-refractivity contribution in [3.05, 3.63) is 473 Å². The Morgan fingerprint density at radius 3 is 0.770 bits per heavy atom. The lowest BCUT2D eigenvalue weighted by Gasteiger charge is -2.20. The molecule has 0 fully saturated rings. The van der Waals surface area contributed by atoms with Gasteiger partial charge in [0.1, 0.15) is 33.8 Å². The van der Waals surface area contributed by atoms with Gasteiger partial charge in [-0.15, -0.1) is 0 Å². The summed E-state index contributed by atoms with van der Waals surface area (Å²) in [6.45, 7) is 0. The van der Waals surface area contributed by atoms with Gasteiger partial charge in [0.15, 0.2) is 35.5 Å². The molecule has 0 saturated carbocycles. The fourth-order valence-corrected chi connectivity index (χ4v) is 21.3. The summed E-state index contributed by atoms with van der Waals surface area (Å²) in [6.07, 6.45) is 0. The lowest BCUT2D eigenvalue weighted by atomic mass is 10.0. The summed E-state index contributed by atoms with van der Waals surface area (Å²) in [7, 11) is -3.01. The molecule has 18 aromatic carbocycles. The van der Waals surface area contributed by atoms with Crippen LogP contribution in [0, 0.1) is 0 Å². The molecule has 634 valence electrons. The highest BCUT2D eigenvalue weighted by atomic mass is 31.2. The number of pyridine rings is 3. The van der Waals surface area contributed by atoms with Gasteiger partial charge in [0.2, 0.25) is 0 Å². The molecule has 26 rings (SSSR count). The Labute approximate surface area is 776 Å². The zero-order valence-corrected chi connectivity index (χ0v) is 73.6. The van der Waals surface area contributed by atoms with Gasteiger partial charge in [-0.1, -0.05) is 425 Å². The molecular formula is C123H78N7O4P. The number of hydrogen-bond donors (Lipinski definition) is 0. The highest BCUT2D eigenvalue weighted by Crippen LogP contribution is 2.47. The third-order valence-electron chi connectivity index (χ3n) is 25.4. The molecule has 135 heavy (non-hydrogen) atoms. The Morgan fingerprint density at radius 2 is 0.407 bits per heavy atom. The lowest BCUT2D eigenvalue weighted by Crippen LogP contribution is -2.24. The number of nitrogens with zero attached hydrogens (tertiary/aromatic N) is 7. The van der Waals surface area contributed by atoms with Crippen LogP contribution in [0.4, 0.5) is 0 Å².